The Morgan fingerprint density at radius 3 is 2.50 bits per heavy atom. The minimum Gasteiger partial charge on any atom is -0.462 e. The summed E-state index contributed by atoms with van der Waals surface area (Å²) in [5.41, 5.74) is 3.36. The third-order valence-electron chi connectivity index (χ3n) is 5.77. The first-order chi connectivity index (χ1) is 16.6. The lowest BCUT2D eigenvalue weighted by molar-refractivity contribution is -0.0334. The molecule has 2 amide bonds. The van der Waals surface area contributed by atoms with Gasteiger partial charge in [0.25, 0.3) is 0 Å². The van der Waals surface area contributed by atoms with Crippen LogP contribution < -0.4 is 10.6 Å². The molecule has 0 saturated carbocycles. The highest BCUT2D eigenvalue weighted by Gasteiger charge is 2.27. The van der Waals surface area contributed by atoms with Crippen molar-refractivity contribution in [3.63, 3.8) is 0 Å². The average Bonchev–Trinajstić information content (AvgIpc) is 3.40. The van der Waals surface area contributed by atoms with E-state index >= 15 is 0 Å². The van der Waals surface area contributed by atoms with Crippen molar-refractivity contribution in [1.82, 2.24) is 4.57 Å². The molecule has 34 heavy (non-hydrogen) atoms. The number of ether oxygens (including phenoxy) is 3. The molecular formula is C25H31N3O5S. The summed E-state index contributed by atoms with van der Waals surface area (Å²) in [5.74, 6) is -0.358. The van der Waals surface area contributed by atoms with Gasteiger partial charge in [-0.2, -0.15) is 0 Å². The number of nitrogens with one attached hydrogen (secondary N) is 2. The van der Waals surface area contributed by atoms with Crippen molar-refractivity contribution < 1.29 is 23.8 Å². The minimum atomic E-state index is -0.362. The van der Waals surface area contributed by atoms with Crippen LogP contribution in [-0.4, -0.2) is 49.6 Å². The Labute approximate surface area is 203 Å². The van der Waals surface area contributed by atoms with E-state index in [1.54, 1.807) is 6.92 Å². The zero-order valence-electron chi connectivity index (χ0n) is 19.6. The second-order valence-electron chi connectivity index (χ2n) is 8.14. The molecule has 1 saturated heterocycles. The predicted octanol–water partition coefficient (Wildman–Crippen LogP) is 4.97. The quantitative estimate of drug-likeness (QED) is 0.509. The average molecular weight is 486 g/mol. The van der Waals surface area contributed by atoms with Gasteiger partial charge in [-0.1, -0.05) is 0 Å². The van der Waals surface area contributed by atoms with Crippen molar-refractivity contribution in [3.8, 4) is 0 Å². The molecule has 3 aromatic rings. The smallest absolute Gasteiger partial charge is 0.341 e. The summed E-state index contributed by atoms with van der Waals surface area (Å²) in [6, 6.07) is 7.41. The minimum absolute atomic E-state index is 0.312. The number of aryl methyl sites for hydroxylation is 2. The fraction of sp³-hybridized carbons (Fsp3) is 0.440. The summed E-state index contributed by atoms with van der Waals surface area (Å²) in [6.45, 7) is 5.21. The lowest BCUT2D eigenvalue weighted by Crippen LogP contribution is -2.20. The highest BCUT2D eigenvalue weighted by atomic mass is 32.1. The first-order valence-electron chi connectivity index (χ1n) is 11.7. The largest absolute Gasteiger partial charge is 0.462 e. The number of hydrogen-bond acceptors (Lipinski definition) is 6. The van der Waals surface area contributed by atoms with Crippen LogP contribution in [0.5, 0.6) is 0 Å². The van der Waals surface area contributed by atoms with Gasteiger partial charge >= 0.3 is 12.0 Å². The number of rotatable bonds is 4. The third-order valence-corrected chi connectivity index (χ3v) is 6.97. The summed E-state index contributed by atoms with van der Waals surface area (Å²) in [5, 5.41) is 7.36. The first kappa shape index (κ1) is 24.3. The highest BCUT2D eigenvalue weighted by molar-refractivity contribution is 7.17. The maximum Gasteiger partial charge on any atom is 0.341 e. The lowest BCUT2D eigenvalue weighted by Gasteiger charge is -2.12. The Balaban J connectivity index is 0.000000398. The van der Waals surface area contributed by atoms with Crippen LogP contribution in [0.4, 0.5) is 15.5 Å². The summed E-state index contributed by atoms with van der Waals surface area (Å²) < 4.78 is 17.2. The molecule has 3 heterocycles. The van der Waals surface area contributed by atoms with Gasteiger partial charge < -0.3 is 24.1 Å². The van der Waals surface area contributed by atoms with Gasteiger partial charge in [0.2, 0.25) is 0 Å². The summed E-state index contributed by atoms with van der Waals surface area (Å²) >= 11 is 1.48. The van der Waals surface area contributed by atoms with E-state index in [0.717, 1.165) is 68.6 Å². The van der Waals surface area contributed by atoms with Gasteiger partial charge in [0.1, 0.15) is 5.00 Å². The van der Waals surface area contributed by atoms with Crippen molar-refractivity contribution in [2.45, 2.75) is 32.6 Å². The van der Waals surface area contributed by atoms with Gasteiger partial charge in [0.05, 0.1) is 38.6 Å². The van der Waals surface area contributed by atoms with Crippen LogP contribution in [0.2, 0.25) is 0 Å². The normalized spacial score (nSPS) is 15.1. The fourth-order valence-corrected chi connectivity index (χ4v) is 5.41. The molecule has 5 rings (SSSR count). The molecule has 0 bridgehead atoms. The van der Waals surface area contributed by atoms with Crippen molar-refractivity contribution in [2.24, 2.45) is 7.05 Å². The summed E-state index contributed by atoms with van der Waals surface area (Å²) in [4.78, 5) is 26.3. The van der Waals surface area contributed by atoms with E-state index in [2.05, 4.69) is 10.6 Å². The standard InChI is InChI=1S/C21H23N3O3S.C4H8O2/c1-3-27-20(25)18-15-6-4-5-7-17(15)28-19(18)23-21(26)22-14-8-9-16-13(12-14)10-11-24(16)2;1-2-6-4-3-5-1/h8-12H,3-7H2,1-2H3,(H2,22,23,26);1-4H2. The fourth-order valence-electron chi connectivity index (χ4n) is 4.14. The Morgan fingerprint density at radius 1 is 1.06 bits per heavy atom. The molecule has 0 spiro atoms. The molecule has 1 aliphatic heterocycles. The number of amides is 2. The molecule has 0 radical (unpaired) electrons. The molecule has 0 atom stereocenters. The van der Waals surface area contributed by atoms with Crippen molar-refractivity contribution >= 4 is 44.9 Å². The molecule has 9 heteroatoms. The second-order valence-corrected chi connectivity index (χ2v) is 9.24. The number of esters is 1. The monoisotopic (exact) mass is 485 g/mol. The second kappa shape index (κ2) is 11.5. The van der Waals surface area contributed by atoms with Crippen LogP contribution in [-0.2, 0) is 34.1 Å². The van der Waals surface area contributed by atoms with Gasteiger partial charge in [-0.05, 0) is 62.4 Å². The van der Waals surface area contributed by atoms with Gasteiger partial charge in [0, 0.05) is 34.7 Å². The lowest BCUT2D eigenvalue weighted by atomic mass is 9.95. The maximum absolute atomic E-state index is 12.6. The number of hydrogen-bond donors (Lipinski definition) is 2. The van der Waals surface area contributed by atoms with E-state index in [1.807, 2.05) is 42.1 Å². The van der Waals surface area contributed by atoms with E-state index < -0.39 is 0 Å². The molecule has 8 nitrogen and oxygen atoms in total. The number of carbonyl (C=O) groups excluding carboxylic acids is 2. The van der Waals surface area contributed by atoms with Crippen LogP contribution in [0.15, 0.2) is 30.5 Å². The Morgan fingerprint density at radius 2 is 1.79 bits per heavy atom. The number of nitrogens with zero attached hydrogens (tertiary/aromatic N) is 1. The van der Waals surface area contributed by atoms with E-state index in [0.29, 0.717) is 22.9 Å². The number of benzene rings is 1. The molecule has 2 aromatic heterocycles. The van der Waals surface area contributed by atoms with E-state index in [9.17, 15) is 9.59 Å². The number of thiophene rings is 1. The molecule has 2 aliphatic rings. The molecule has 1 aromatic carbocycles. The topological polar surface area (TPSA) is 90.8 Å². The summed E-state index contributed by atoms with van der Waals surface area (Å²) in [6.07, 6.45) is 5.95. The van der Waals surface area contributed by atoms with E-state index in [-0.39, 0.29) is 12.0 Å². The van der Waals surface area contributed by atoms with Gasteiger partial charge in [-0.25, -0.2) is 9.59 Å². The number of urea groups is 1. The Bertz CT molecular complexity index is 1140. The van der Waals surface area contributed by atoms with Crippen LogP contribution >= 0.6 is 11.3 Å². The van der Waals surface area contributed by atoms with Crippen molar-refractivity contribution in [2.75, 3.05) is 43.7 Å². The number of fused-ring (bicyclic) bond motifs is 2. The van der Waals surface area contributed by atoms with Crippen LogP contribution in [0.25, 0.3) is 10.9 Å². The molecule has 182 valence electrons. The van der Waals surface area contributed by atoms with E-state index in [4.69, 9.17) is 14.2 Å². The molecule has 1 aliphatic carbocycles. The zero-order chi connectivity index (χ0) is 23.9. The molecule has 2 N–H and O–H groups in total. The summed E-state index contributed by atoms with van der Waals surface area (Å²) in [7, 11) is 1.98. The highest BCUT2D eigenvalue weighted by Crippen LogP contribution is 2.38. The molecule has 0 unspecified atom stereocenters. The molecule has 1 fully saturated rings. The van der Waals surface area contributed by atoms with Gasteiger partial charge in [0.15, 0.2) is 0 Å². The van der Waals surface area contributed by atoms with Crippen LogP contribution in [0, 0.1) is 0 Å². The maximum atomic E-state index is 12.6. The Hall–Kier alpha value is -2.88. The van der Waals surface area contributed by atoms with Crippen LogP contribution in [0.1, 0.15) is 40.6 Å². The number of aromatic nitrogens is 1. The van der Waals surface area contributed by atoms with Crippen molar-refractivity contribution in [1.29, 1.82) is 0 Å². The SMILES string of the molecule is C1COCCO1.CCOC(=O)c1c(NC(=O)Nc2ccc3c(ccn3C)c2)sc2c1CCCC2. The zero-order valence-corrected chi connectivity index (χ0v) is 20.5. The van der Waals surface area contributed by atoms with Gasteiger partial charge in [-0.3, -0.25) is 5.32 Å². The predicted molar refractivity (Wildman–Crippen MR) is 134 cm³/mol. The van der Waals surface area contributed by atoms with Gasteiger partial charge in [-0.15, -0.1) is 11.3 Å². The van der Waals surface area contributed by atoms with E-state index in [1.165, 1.54) is 16.2 Å². The Kier molecular flexibility index (Phi) is 8.21. The number of anilines is 2. The molecular weight excluding hydrogens is 454 g/mol. The van der Waals surface area contributed by atoms with Crippen molar-refractivity contribution in [3.05, 3.63) is 46.5 Å². The first-order valence-corrected chi connectivity index (χ1v) is 12.5. The third kappa shape index (κ3) is 5.78. The number of carbonyl (C=O) groups is 2. The van der Waals surface area contributed by atoms with Crippen LogP contribution in [0.3, 0.4) is 0 Å².